The molecule has 12 heteroatoms. The predicted molar refractivity (Wildman–Crippen MR) is 155 cm³/mol. The van der Waals surface area contributed by atoms with Crippen molar-refractivity contribution in [2.24, 2.45) is 4.99 Å². The van der Waals surface area contributed by atoms with E-state index < -0.39 is 6.17 Å². The summed E-state index contributed by atoms with van der Waals surface area (Å²) in [5, 5.41) is 26.2. The van der Waals surface area contributed by atoms with Gasteiger partial charge in [0.25, 0.3) is 11.8 Å². The van der Waals surface area contributed by atoms with Gasteiger partial charge in [-0.25, -0.2) is 9.98 Å². The number of fused-ring (bicyclic) bond motifs is 1. The lowest BCUT2D eigenvalue weighted by Crippen LogP contribution is -2.40. The van der Waals surface area contributed by atoms with Gasteiger partial charge >= 0.3 is 6.01 Å². The Morgan fingerprint density at radius 3 is 2.59 bits per heavy atom. The van der Waals surface area contributed by atoms with Gasteiger partial charge < -0.3 is 30.0 Å². The van der Waals surface area contributed by atoms with Crippen LogP contribution in [0.25, 0.3) is 5.57 Å². The van der Waals surface area contributed by atoms with Crippen LogP contribution in [0.5, 0.6) is 0 Å². The van der Waals surface area contributed by atoms with Gasteiger partial charge in [-0.3, -0.25) is 10.2 Å². The number of morpholine rings is 1. The number of aliphatic imine (C=N–C) groups is 1. The molecular formula is C29H27N9O3. The fraction of sp³-hybridized carbons (Fsp3) is 0.172. The molecule has 206 valence electrons. The number of nitrogens with one attached hydrogen (secondary N) is 4. The summed E-state index contributed by atoms with van der Waals surface area (Å²) in [6.07, 6.45) is 2.22. The second-order valence-electron chi connectivity index (χ2n) is 9.20. The van der Waals surface area contributed by atoms with Crippen LogP contribution in [0.15, 0.2) is 94.6 Å². The van der Waals surface area contributed by atoms with Crippen LogP contribution in [-0.2, 0) is 9.53 Å². The fourth-order valence-corrected chi connectivity index (χ4v) is 4.47. The SMILES string of the molecule is N=C(/C(=C\Nc1ccccn1)c1nnc(N[C@H]2N=C(c3ccccc3)c3ccccc3NC2=O)o1)N1CCOCC1. The molecule has 0 radical (unpaired) electrons. The van der Waals surface area contributed by atoms with Gasteiger partial charge in [-0.2, -0.15) is 0 Å². The molecule has 2 aromatic carbocycles. The molecule has 0 saturated carbocycles. The number of ether oxygens (including phenoxy) is 1. The van der Waals surface area contributed by atoms with Crippen molar-refractivity contribution < 1.29 is 13.9 Å². The highest BCUT2D eigenvalue weighted by molar-refractivity contribution is 6.20. The van der Waals surface area contributed by atoms with Crippen LogP contribution in [0.4, 0.5) is 17.5 Å². The van der Waals surface area contributed by atoms with Gasteiger partial charge in [0.1, 0.15) is 11.7 Å². The molecule has 0 unspecified atom stereocenters. The van der Waals surface area contributed by atoms with Crippen molar-refractivity contribution in [1.82, 2.24) is 20.1 Å². The summed E-state index contributed by atoms with van der Waals surface area (Å²) in [5.41, 5.74) is 3.32. The highest BCUT2D eigenvalue weighted by atomic mass is 16.5. The number of amides is 1. The molecule has 4 heterocycles. The van der Waals surface area contributed by atoms with Gasteiger partial charge in [0.15, 0.2) is 0 Å². The van der Waals surface area contributed by atoms with Crippen molar-refractivity contribution in [3.05, 3.63) is 102 Å². The lowest BCUT2D eigenvalue weighted by Gasteiger charge is -2.29. The Morgan fingerprint density at radius 2 is 1.78 bits per heavy atom. The number of pyridine rings is 1. The average Bonchev–Trinajstić information content (AvgIpc) is 3.43. The summed E-state index contributed by atoms with van der Waals surface area (Å²) in [6, 6.07) is 22.6. The second kappa shape index (κ2) is 11.8. The maximum absolute atomic E-state index is 13.2. The highest BCUT2D eigenvalue weighted by Gasteiger charge is 2.28. The first-order chi connectivity index (χ1) is 20.2. The van der Waals surface area contributed by atoms with Crippen molar-refractivity contribution in [2.45, 2.75) is 6.17 Å². The van der Waals surface area contributed by atoms with Gasteiger partial charge in [0.2, 0.25) is 6.17 Å². The summed E-state index contributed by atoms with van der Waals surface area (Å²) < 4.78 is 11.4. The first kappa shape index (κ1) is 25.9. The molecule has 1 amide bonds. The Kier molecular flexibility index (Phi) is 7.45. The third kappa shape index (κ3) is 5.82. The molecule has 1 atom stereocenters. The zero-order chi connectivity index (χ0) is 28.0. The van der Waals surface area contributed by atoms with Crippen LogP contribution in [0.3, 0.4) is 0 Å². The standard InChI is InChI=1S/C29H27N9O3/c30-25(38-14-16-40-17-15-38)21(18-32-23-12-6-7-13-31-23)28-36-37-29(41-28)35-26-27(39)33-22-11-5-4-10-20(22)24(34-26)19-8-2-1-3-9-19/h1-13,18,26,30H,14-17H2,(H,31,32)(H,33,39)(H,35,37)/b21-18+,30-25?/t26-/m1/s1. The van der Waals surface area contributed by atoms with E-state index >= 15 is 0 Å². The molecule has 12 nitrogen and oxygen atoms in total. The summed E-state index contributed by atoms with van der Waals surface area (Å²) in [7, 11) is 0. The molecule has 0 aliphatic carbocycles. The third-order valence-corrected chi connectivity index (χ3v) is 6.52. The Balaban J connectivity index is 1.30. The molecule has 1 saturated heterocycles. The maximum atomic E-state index is 13.2. The van der Waals surface area contributed by atoms with E-state index in [0.29, 0.717) is 49.1 Å². The number of amidine groups is 1. The minimum Gasteiger partial charge on any atom is -0.403 e. The van der Waals surface area contributed by atoms with E-state index in [1.165, 1.54) is 0 Å². The van der Waals surface area contributed by atoms with Crippen LogP contribution in [0.2, 0.25) is 0 Å². The van der Waals surface area contributed by atoms with Crippen molar-refractivity contribution in [3.8, 4) is 0 Å². The van der Waals surface area contributed by atoms with Gasteiger partial charge in [0.05, 0.1) is 30.2 Å². The number of benzene rings is 2. The first-order valence-corrected chi connectivity index (χ1v) is 13.1. The Hall–Kier alpha value is -5.36. The number of benzodiazepines with no additional fused rings is 1. The van der Waals surface area contributed by atoms with E-state index in [0.717, 1.165) is 11.1 Å². The zero-order valence-electron chi connectivity index (χ0n) is 21.9. The number of rotatable bonds is 7. The van der Waals surface area contributed by atoms with Crippen molar-refractivity contribution >= 4 is 40.5 Å². The van der Waals surface area contributed by atoms with Crippen LogP contribution in [-0.4, -0.2) is 70.0 Å². The minimum absolute atomic E-state index is 0.0132. The Labute approximate surface area is 235 Å². The van der Waals surface area contributed by atoms with Crippen LogP contribution >= 0.6 is 0 Å². The fourth-order valence-electron chi connectivity index (χ4n) is 4.47. The van der Waals surface area contributed by atoms with E-state index in [-0.39, 0.29) is 23.6 Å². The summed E-state index contributed by atoms with van der Waals surface area (Å²) in [4.78, 5) is 24.1. The van der Waals surface area contributed by atoms with E-state index in [4.69, 9.17) is 19.6 Å². The second-order valence-corrected chi connectivity index (χ2v) is 9.20. The summed E-state index contributed by atoms with van der Waals surface area (Å²) in [6.45, 7) is 2.14. The lowest BCUT2D eigenvalue weighted by atomic mass is 10.0. The number of aromatic nitrogens is 3. The average molecular weight is 550 g/mol. The van der Waals surface area contributed by atoms with Crippen LogP contribution in [0.1, 0.15) is 17.0 Å². The number of anilines is 3. The Morgan fingerprint density at radius 1 is 1.00 bits per heavy atom. The van der Waals surface area contributed by atoms with Crippen LogP contribution in [0, 0.1) is 5.41 Å². The Bertz CT molecular complexity index is 1600. The van der Waals surface area contributed by atoms with E-state index in [2.05, 4.69) is 31.1 Å². The number of carbonyl (C=O) groups excluding carboxylic acids is 1. The lowest BCUT2D eigenvalue weighted by molar-refractivity contribution is -0.116. The molecule has 4 aromatic rings. The van der Waals surface area contributed by atoms with Gasteiger partial charge in [-0.15, -0.1) is 5.10 Å². The molecule has 41 heavy (non-hydrogen) atoms. The van der Waals surface area contributed by atoms with Crippen LogP contribution < -0.4 is 16.0 Å². The van der Waals surface area contributed by atoms with Crippen molar-refractivity contribution in [1.29, 1.82) is 5.41 Å². The number of nitrogens with zero attached hydrogens (tertiary/aromatic N) is 5. The van der Waals surface area contributed by atoms with Gasteiger partial charge in [-0.05, 0) is 18.2 Å². The van der Waals surface area contributed by atoms with Gasteiger partial charge in [0, 0.05) is 36.6 Å². The van der Waals surface area contributed by atoms with Crippen molar-refractivity contribution in [2.75, 3.05) is 42.3 Å². The number of para-hydroxylation sites is 1. The molecule has 1 fully saturated rings. The zero-order valence-corrected chi connectivity index (χ0v) is 21.9. The minimum atomic E-state index is -1.05. The molecule has 2 aliphatic rings. The number of hydrogen-bond acceptors (Lipinski definition) is 10. The normalized spacial score (nSPS) is 17.1. The first-order valence-electron chi connectivity index (χ1n) is 13.1. The third-order valence-electron chi connectivity index (χ3n) is 6.52. The monoisotopic (exact) mass is 549 g/mol. The quantitative estimate of drug-likeness (QED) is 0.200. The predicted octanol–water partition coefficient (Wildman–Crippen LogP) is 3.45. The molecule has 2 aromatic heterocycles. The molecule has 2 aliphatic heterocycles. The summed E-state index contributed by atoms with van der Waals surface area (Å²) in [5.74, 6) is 0.503. The van der Waals surface area contributed by atoms with Crippen molar-refractivity contribution in [3.63, 3.8) is 0 Å². The smallest absolute Gasteiger partial charge is 0.317 e. The topological polar surface area (TPSA) is 154 Å². The number of hydrogen-bond donors (Lipinski definition) is 4. The largest absolute Gasteiger partial charge is 0.403 e. The van der Waals surface area contributed by atoms with E-state index in [9.17, 15) is 4.79 Å². The molecule has 4 N–H and O–H groups in total. The summed E-state index contributed by atoms with van der Waals surface area (Å²) >= 11 is 0. The molecule has 0 bridgehead atoms. The van der Waals surface area contributed by atoms with E-state index in [1.54, 1.807) is 18.5 Å². The van der Waals surface area contributed by atoms with E-state index in [1.807, 2.05) is 71.6 Å². The maximum Gasteiger partial charge on any atom is 0.317 e. The number of carbonyl (C=O) groups is 1. The molecule has 6 rings (SSSR count). The highest BCUT2D eigenvalue weighted by Crippen LogP contribution is 2.25. The van der Waals surface area contributed by atoms with Gasteiger partial charge in [-0.1, -0.05) is 59.7 Å². The molecular weight excluding hydrogens is 522 g/mol. The molecule has 0 spiro atoms.